The Balaban J connectivity index is 0.00000363. The Kier molecular flexibility index (Phi) is 11.1. The van der Waals surface area contributed by atoms with Gasteiger partial charge in [0.1, 0.15) is 11.5 Å². The van der Waals surface area contributed by atoms with E-state index in [-0.39, 0.29) is 24.0 Å². The van der Waals surface area contributed by atoms with E-state index in [0.717, 1.165) is 55.7 Å². The van der Waals surface area contributed by atoms with Crippen LogP contribution in [0.3, 0.4) is 0 Å². The molecule has 2 fully saturated rings. The van der Waals surface area contributed by atoms with Gasteiger partial charge >= 0.3 is 0 Å². The van der Waals surface area contributed by atoms with Gasteiger partial charge in [-0.1, -0.05) is 6.92 Å². The van der Waals surface area contributed by atoms with Crippen molar-refractivity contribution >= 4 is 35.6 Å². The molecule has 1 aromatic carbocycles. The van der Waals surface area contributed by atoms with Gasteiger partial charge in [-0.25, -0.2) is 0 Å². The molecule has 1 aromatic rings. The van der Waals surface area contributed by atoms with Gasteiger partial charge in [0.2, 0.25) is 0 Å². The molecule has 2 atom stereocenters. The molecule has 2 N–H and O–H groups in total. The molecule has 0 radical (unpaired) electrons. The fraction of sp³-hybridized carbons (Fsp3) is 0.696. The van der Waals surface area contributed by atoms with E-state index in [9.17, 15) is 0 Å². The van der Waals surface area contributed by atoms with E-state index in [1.54, 1.807) is 14.2 Å². The number of guanidine groups is 1. The highest BCUT2D eigenvalue weighted by molar-refractivity contribution is 14.0. The third-order valence-corrected chi connectivity index (χ3v) is 6.24. The Morgan fingerprint density at radius 2 is 1.75 bits per heavy atom. The second-order valence-corrected chi connectivity index (χ2v) is 8.81. The van der Waals surface area contributed by atoms with E-state index in [1.165, 1.54) is 26.2 Å². The molecule has 182 valence electrons. The summed E-state index contributed by atoms with van der Waals surface area (Å²) < 4.78 is 10.8. The Labute approximate surface area is 210 Å². The van der Waals surface area contributed by atoms with Gasteiger partial charge < -0.3 is 34.8 Å². The molecular formula is C23H41IN6O2. The number of anilines is 1. The molecule has 8 nitrogen and oxygen atoms in total. The molecule has 2 unspecified atom stereocenters. The first-order valence-corrected chi connectivity index (χ1v) is 11.4. The zero-order valence-electron chi connectivity index (χ0n) is 20.3. The van der Waals surface area contributed by atoms with E-state index in [0.29, 0.717) is 12.0 Å². The molecule has 0 saturated carbocycles. The highest BCUT2D eigenvalue weighted by Gasteiger charge is 2.24. The molecule has 2 aliphatic rings. The molecule has 0 aliphatic carbocycles. The molecule has 2 heterocycles. The lowest BCUT2D eigenvalue weighted by atomic mass is 10.1. The van der Waals surface area contributed by atoms with Crippen molar-refractivity contribution in [3.63, 3.8) is 0 Å². The standard InChI is InChI=1S/C23H40N6O2.HI/c1-18(16-28-10-8-27(3)9-11-28)15-25-23(24-2)26-19-6-7-29(17-19)20-12-21(30-4)14-22(13-20)31-5;/h12-14,18-19H,6-11,15-17H2,1-5H3,(H2,24,25,26);1H. The van der Waals surface area contributed by atoms with Crippen LogP contribution in [0.25, 0.3) is 0 Å². The summed E-state index contributed by atoms with van der Waals surface area (Å²) in [5.41, 5.74) is 1.13. The van der Waals surface area contributed by atoms with Crippen molar-refractivity contribution in [1.82, 2.24) is 20.4 Å². The molecule has 0 spiro atoms. The zero-order valence-corrected chi connectivity index (χ0v) is 22.6. The smallest absolute Gasteiger partial charge is 0.191 e. The molecule has 2 aliphatic heterocycles. The van der Waals surface area contributed by atoms with E-state index in [2.05, 4.69) is 56.4 Å². The van der Waals surface area contributed by atoms with Crippen LogP contribution in [0.1, 0.15) is 13.3 Å². The molecule has 0 bridgehead atoms. The van der Waals surface area contributed by atoms with Gasteiger partial charge in [0.25, 0.3) is 0 Å². The van der Waals surface area contributed by atoms with Crippen molar-refractivity contribution in [2.75, 3.05) is 85.6 Å². The summed E-state index contributed by atoms with van der Waals surface area (Å²) in [6.07, 6.45) is 1.07. The van der Waals surface area contributed by atoms with Crippen LogP contribution in [-0.2, 0) is 0 Å². The summed E-state index contributed by atoms with van der Waals surface area (Å²) in [6, 6.07) is 6.40. The maximum atomic E-state index is 5.42. The van der Waals surface area contributed by atoms with Crippen LogP contribution < -0.4 is 25.0 Å². The second-order valence-electron chi connectivity index (χ2n) is 8.81. The highest BCUT2D eigenvalue weighted by atomic mass is 127. The number of aliphatic imine (C=N–C) groups is 1. The Morgan fingerprint density at radius 1 is 1.09 bits per heavy atom. The van der Waals surface area contributed by atoms with Gasteiger partial charge in [0.15, 0.2) is 5.96 Å². The lowest BCUT2D eigenvalue weighted by Crippen LogP contribution is -2.49. The molecule has 0 aromatic heterocycles. The quantitative estimate of drug-likeness (QED) is 0.287. The fourth-order valence-corrected chi connectivity index (χ4v) is 4.28. The highest BCUT2D eigenvalue weighted by Crippen LogP contribution is 2.30. The maximum Gasteiger partial charge on any atom is 0.191 e. The normalized spacial score (nSPS) is 21.1. The summed E-state index contributed by atoms with van der Waals surface area (Å²) in [5.74, 6) is 3.10. The number of hydrogen-bond donors (Lipinski definition) is 2. The Morgan fingerprint density at radius 3 is 2.34 bits per heavy atom. The van der Waals surface area contributed by atoms with Gasteiger partial charge in [-0.15, -0.1) is 24.0 Å². The fourth-order valence-electron chi connectivity index (χ4n) is 4.28. The number of benzene rings is 1. The average molecular weight is 561 g/mol. The Bertz CT molecular complexity index is 704. The molecule has 32 heavy (non-hydrogen) atoms. The summed E-state index contributed by atoms with van der Waals surface area (Å²) >= 11 is 0. The number of likely N-dealkylation sites (N-methyl/N-ethyl adjacent to an activating group) is 1. The van der Waals surface area contributed by atoms with Crippen molar-refractivity contribution < 1.29 is 9.47 Å². The van der Waals surface area contributed by atoms with Crippen LogP contribution in [-0.4, -0.2) is 102 Å². The molecule has 9 heteroatoms. The van der Waals surface area contributed by atoms with Crippen LogP contribution in [0.5, 0.6) is 11.5 Å². The first-order chi connectivity index (χ1) is 15.0. The van der Waals surface area contributed by atoms with E-state index in [1.807, 2.05) is 13.1 Å². The number of hydrogen-bond acceptors (Lipinski definition) is 6. The van der Waals surface area contributed by atoms with E-state index in [4.69, 9.17) is 9.47 Å². The van der Waals surface area contributed by atoms with Crippen LogP contribution in [0.15, 0.2) is 23.2 Å². The monoisotopic (exact) mass is 560 g/mol. The number of methoxy groups -OCH3 is 2. The van der Waals surface area contributed by atoms with Crippen molar-refractivity contribution in [2.45, 2.75) is 19.4 Å². The van der Waals surface area contributed by atoms with Gasteiger partial charge in [-0.3, -0.25) is 4.99 Å². The zero-order chi connectivity index (χ0) is 22.2. The van der Waals surface area contributed by atoms with Gasteiger partial charge in [0, 0.05) is 89.3 Å². The van der Waals surface area contributed by atoms with Crippen LogP contribution in [0, 0.1) is 5.92 Å². The minimum Gasteiger partial charge on any atom is -0.497 e. The third-order valence-electron chi connectivity index (χ3n) is 6.24. The molecular weight excluding hydrogens is 519 g/mol. The first kappa shape index (κ1) is 26.8. The number of nitrogens with zero attached hydrogens (tertiary/aromatic N) is 4. The van der Waals surface area contributed by atoms with Gasteiger partial charge in [-0.2, -0.15) is 0 Å². The summed E-state index contributed by atoms with van der Waals surface area (Å²) in [7, 11) is 7.42. The predicted molar refractivity (Wildman–Crippen MR) is 143 cm³/mol. The van der Waals surface area contributed by atoms with Crippen LogP contribution in [0.2, 0.25) is 0 Å². The lowest BCUT2D eigenvalue weighted by Gasteiger charge is -2.34. The number of ether oxygens (including phenoxy) is 2. The van der Waals surface area contributed by atoms with Crippen molar-refractivity contribution in [3.8, 4) is 11.5 Å². The molecule has 3 rings (SSSR count). The molecule has 2 saturated heterocycles. The minimum absolute atomic E-state index is 0. The Hall–Kier alpha value is -1.46. The number of halogens is 1. The number of rotatable bonds is 8. The van der Waals surface area contributed by atoms with Crippen LogP contribution in [0.4, 0.5) is 5.69 Å². The molecule has 0 amide bonds. The predicted octanol–water partition coefficient (Wildman–Crippen LogP) is 1.95. The van der Waals surface area contributed by atoms with Gasteiger partial charge in [0.05, 0.1) is 14.2 Å². The van der Waals surface area contributed by atoms with Crippen molar-refractivity contribution in [3.05, 3.63) is 18.2 Å². The summed E-state index contributed by atoms with van der Waals surface area (Å²) in [4.78, 5) is 11.8. The summed E-state index contributed by atoms with van der Waals surface area (Å²) in [5, 5.41) is 7.13. The topological polar surface area (TPSA) is 64.6 Å². The maximum absolute atomic E-state index is 5.42. The van der Waals surface area contributed by atoms with E-state index >= 15 is 0 Å². The average Bonchev–Trinajstić information content (AvgIpc) is 3.26. The third kappa shape index (κ3) is 7.84. The first-order valence-electron chi connectivity index (χ1n) is 11.4. The van der Waals surface area contributed by atoms with Crippen LogP contribution >= 0.6 is 24.0 Å². The van der Waals surface area contributed by atoms with Gasteiger partial charge in [-0.05, 0) is 19.4 Å². The van der Waals surface area contributed by atoms with Crippen molar-refractivity contribution in [1.29, 1.82) is 0 Å². The van der Waals surface area contributed by atoms with E-state index < -0.39 is 0 Å². The van der Waals surface area contributed by atoms with Crippen molar-refractivity contribution in [2.24, 2.45) is 10.9 Å². The SMILES string of the molecule is CN=C(NCC(C)CN1CCN(C)CC1)NC1CCN(c2cc(OC)cc(OC)c2)C1.I. The summed E-state index contributed by atoms with van der Waals surface area (Å²) in [6.45, 7) is 11.0. The number of piperazine rings is 1. The number of nitrogens with one attached hydrogen (secondary N) is 2. The largest absolute Gasteiger partial charge is 0.497 e. The minimum atomic E-state index is 0. The second kappa shape index (κ2) is 13.3. The lowest BCUT2D eigenvalue weighted by molar-refractivity contribution is 0.139.